The predicted octanol–water partition coefficient (Wildman–Crippen LogP) is 3.19. The number of hydrogen-bond donors (Lipinski definition) is 1. The second-order valence-electron chi connectivity index (χ2n) is 4.33. The van der Waals surface area contributed by atoms with Crippen molar-refractivity contribution in [2.45, 2.75) is 6.42 Å². The van der Waals surface area contributed by atoms with E-state index in [-0.39, 0.29) is 11.3 Å². The highest BCUT2D eigenvalue weighted by Crippen LogP contribution is 2.21. The molecule has 1 amide bonds. The van der Waals surface area contributed by atoms with Crippen LogP contribution in [0.4, 0.5) is 24.5 Å². The molecule has 0 unspecified atom stereocenters. The molecule has 2 aromatic rings. The van der Waals surface area contributed by atoms with Crippen LogP contribution >= 0.6 is 0 Å². The van der Waals surface area contributed by atoms with E-state index in [0.29, 0.717) is 6.07 Å². The van der Waals surface area contributed by atoms with Gasteiger partial charge >= 0.3 is 0 Å². The lowest BCUT2D eigenvalue weighted by Gasteiger charge is -2.07. The summed E-state index contributed by atoms with van der Waals surface area (Å²) in [6.45, 7) is 0. The summed E-state index contributed by atoms with van der Waals surface area (Å²) in [7, 11) is 0. The van der Waals surface area contributed by atoms with Crippen LogP contribution < -0.4 is 5.32 Å². The summed E-state index contributed by atoms with van der Waals surface area (Å²) in [4.78, 5) is 22.0. The topological polar surface area (TPSA) is 72.2 Å². The quantitative estimate of drug-likeness (QED) is 0.535. The molecule has 22 heavy (non-hydrogen) atoms. The Labute approximate surface area is 122 Å². The largest absolute Gasteiger partial charge is 0.323 e. The lowest BCUT2D eigenvalue weighted by molar-refractivity contribution is -0.385. The van der Waals surface area contributed by atoms with Crippen LogP contribution in [-0.2, 0) is 11.2 Å². The number of benzene rings is 2. The average molecular weight is 310 g/mol. The minimum atomic E-state index is -1.71. The van der Waals surface area contributed by atoms with Crippen molar-refractivity contribution in [2.24, 2.45) is 0 Å². The van der Waals surface area contributed by atoms with Crippen molar-refractivity contribution >= 4 is 17.3 Å². The number of carbonyl (C=O) groups excluding carboxylic acids is 1. The van der Waals surface area contributed by atoms with Gasteiger partial charge in [0.2, 0.25) is 5.91 Å². The van der Waals surface area contributed by atoms with E-state index in [9.17, 15) is 28.1 Å². The summed E-state index contributed by atoms with van der Waals surface area (Å²) >= 11 is 0. The number of para-hydroxylation sites is 1. The third-order valence-electron chi connectivity index (χ3n) is 2.85. The van der Waals surface area contributed by atoms with Crippen LogP contribution in [0.15, 0.2) is 36.4 Å². The van der Waals surface area contributed by atoms with Gasteiger partial charge in [0.15, 0.2) is 17.5 Å². The van der Waals surface area contributed by atoms with E-state index in [1.54, 1.807) is 0 Å². The van der Waals surface area contributed by atoms with Gasteiger partial charge in [0, 0.05) is 11.6 Å². The van der Waals surface area contributed by atoms with Crippen LogP contribution in [0.3, 0.4) is 0 Å². The summed E-state index contributed by atoms with van der Waals surface area (Å²) in [5, 5.41) is 12.9. The maximum absolute atomic E-state index is 13.4. The normalized spacial score (nSPS) is 10.3. The number of nitro groups is 1. The van der Waals surface area contributed by atoms with Crippen molar-refractivity contribution < 1.29 is 22.9 Å². The summed E-state index contributed by atoms with van der Waals surface area (Å²) in [6.07, 6.45) is -0.407. The fraction of sp³-hybridized carbons (Fsp3) is 0.0714. The van der Waals surface area contributed by atoms with Gasteiger partial charge in [-0.1, -0.05) is 18.2 Å². The van der Waals surface area contributed by atoms with Gasteiger partial charge < -0.3 is 5.32 Å². The Morgan fingerprint density at radius 3 is 2.45 bits per heavy atom. The van der Waals surface area contributed by atoms with Gasteiger partial charge in [-0.2, -0.15) is 0 Å². The molecule has 0 heterocycles. The first kappa shape index (κ1) is 15.5. The summed E-state index contributed by atoms with van der Waals surface area (Å²) < 4.78 is 39.3. The van der Waals surface area contributed by atoms with Gasteiger partial charge in [-0.3, -0.25) is 14.9 Å². The second kappa shape index (κ2) is 6.25. The van der Waals surface area contributed by atoms with E-state index in [0.717, 1.165) is 6.07 Å². The fourth-order valence-corrected chi connectivity index (χ4v) is 1.83. The standard InChI is InChI=1S/C14H9F3N2O3/c15-9-5-6-10(14(17)13(9)16)18-12(20)7-8-3-1-2-4-11(8)19(21)22/h1-6H,7H2,(H,18,20). The van der Waals surface area contributed by atoms with Gasteiger partial charge in [-0.05, 0) is 12.1 Å². The van der Waals surface area contributed by atoms with Crippen molar-refractivity contribution in [3.63, 3.8) is 0 Å². The van der Waals surface area contributed by atoms with E-state index in [4.69, 9.17) is 0 Å². The van der Waals surface area contributed by atoms with Crippen molar-refractivity contribution in [3.05, 3.63) is 69.5 Å². The average Bonchev–Trinajstić information content (AvgIpc) is 2.48. The number of rotatable bonds is 4. The molecule has 0 fully saturated rings. The maximum Gasteiger partial charge on any atom is 0.273 e. The van der Waals surface area contributed by atoms with E-state index < -0.39 is 40.4 Å². The number of amides is 1. The zero-order valence-corrected chi connectivity index (χ0v) is 11.0. The van der Waals surface area contributed by atoms with Gasteiger partial charge in [0.1, 0.15) is 0 Å². The molecule has 0 aliphatic carbocycles. The molecule has 0 radical (unpaired) electrons. The highest BCUT2D eigenvalue weighted by molar-refractivity contribution is 5.92. The Morgan fingerprint density at radius 2 is 1.77 bits per heavy atom. The maximum atomic E-state index is 13.4. The second-order valence-corrected chi connectivity index (χ2v) is 4.33. The Bertz CT molecular complexity index is 750. The molecule has 8 heteroatoms. The lowest BCUT2D eigenvalue weighted by Crippen LogP contribution is -2.16. The molecule has 114 valence electrons. The van der Waals surface area contributed by atoms with Crippen molar-refractivity contribution in [2.75, 3.05) is 5.32 Å². The van der Waals surface area contributed by atoms with Crippen molar-refractivity contribution in [3.8, 4) is 0 Å². The minimum absolute atomic E-state index is 0.119. The van der Waals surface area contributed by atoms with Gasteiger partial charge in [-0.15, -0.1) is 0 Å². The van der Waals surface area contributed by atoms with E-state index in [2.05, 4.69) is 0 Å². The molecular weight excluding hydrogens is 301 g/mol. The number of nitro benzene ring substituents is 1. The van der Waals surface area contributed by atoms with Crippen LogP contribution in [0.1, 0.15) is 5.56 Å². The fourth-order valence-electron chi connectivity index (χ4n) is 1.83. The van der Waals surface area contributed by atoms with E-state index in [1.165, 1.54) is 24.3 Å². The van der Waals surface area contributed by atoms with Gasteiger partial charge in [0.05, 0.1) is 17.0 Å². The summed E-state index contributed by atoms with van der Waals surface area (Å²) in [5.74, 6) is -5.41. The zero-order chi connectivity index (χ0) is 16.3. The number of carbonyl (C=O) groups is 1. The summed E-state index contributed by atoms with van der Waals surface area (Å²) in [6, 6.07) is 7.08. The van der Waals surface area contributed by atoms with Gasteiger partial charge in [-0.25, -0.2) is 13.2 Å². The third-order valence-corrected chi connectivity index (χ3v) is 2.85. The molecule has 0 saturated heterocycles. The zero-order valence-electron chi connectivity index (χ0n) is 11.0. The molecule has 0 saturated carbocycles. The first-order valence-electron chi connectivity index (χ1n) is 6.05. The predicted molar refractivity (Wildman–Crippen MR) is 71.7 cm³/mol. The van der Waals surface area contributed by atoms with Gasteiger partial charge in [0.25, 0.3) is 5.69 Å². The molecule has 5 nitrogen and oxygen atoms in total. The molecule has 2 rings (SSSR count). The monoisotopic (exact) mass is 310 g/mol. The molecule has 0 aliphatic heterocycles. The lowest BCUT2D eigenvalue weighted by atomic mass is 10.1. The molecule has 2 aromatic carbocycles. The number of halogens is 3. The number of nitrogens with one attached hydrogen (secondary N) is 1. The highest BCUT2D eigenvalue weighted by atomic mass is 19.2. The van der Waals surface area contributed by atoms with E-state index in [1.807, 2.05) is 5.32 Å². The third kappa shape index (κ3) is 3.22. The smallest absolute Gasteiger partial charge is 0.273 e. The first-order valence-corrected chi connectivity index (χ1v) is 6.05. The van der Waals surface area contributed by atoms with Crippen molar-refractivity contribution in [1.29, 1.82) is 0 Å². The Morgan fingerprint density at radius 1 is 1.09 bits per heavy atom. The Hall–Kier alpha value is -2.90. The summed E-state index contributed by atoms with van der Waals surface area (Å²) in [5.41, 5.74) is -0.682. The molecule has 0 aliphatic rings. The molecule has 0 aromatic heterocycles. The Balaban J connectivity index is 2.18. The SMILES string of the molecule is O=C(Cc1ccccc1[N+](=O)[O-])Nc1ccc(F)c(F)c1F. The number of nitrogens with zero attached hydrogens (tertiary/aromatic N) is 1. The van der Waals surface area contributed by atoms with E-state index >= 15 is 0 Å². The van der Waals surface area contributed by atoms with Crippen LogP contribution in [0.5, 0.6) is 0 Å². The highest BCUT2D eigenvalue weighted by Gasteiger charge is 2.18. The van der Waals surface area contributed by atoms with Crippen LogP contribution in [0.2, 0.25) is 0 Å². The van der Waals surface area contributed by atoms with Crippen LogP contribution in [-0.4, -0.2) is 10.8 Å². The molecule has 0 spiro atoms. The minimum Gasteiger partial charge on any atom is -0.323 e. The molecular formula is C14H9F3N2O3. The molecule has 1 N–H and O–H groups in total. The Kier molecular flexibility index (Phi) is 4.40. The molecule has 0 bridgehead atoms. The van der Waals surface area contributed by atoms with Crippen molar-refractivity contribution in [1.82, 2.24) is 0 Å². The number of hydrogen-bond acceptors (Lipinski definition) is 3. The molecule has 0 atom stereocenters. The van der Waals surface area contributed by atoms with Crippen LogP contribution in [0.25, 0.3) is 0 Å². The first-order chi connectivity index (χ1) is 10.4. The number of anilines is 1. The van der Waals surface area contributed by atoms with Crippen LogP contribution in [0, 0.1) is 27.6 Å².